The highest BCUT2D eigenvalue weighted by Gasteiger charge is 2.17. The van der Waals surface area contributed by atoms with Crippen molar-refractivity contribution in [1.82, 2.24) is 4.90 Å². The molecule has 4 heteroatoms. The Balaban J connectivity index is 3.98. The first kappa shape index (κ1) is 12.4. The summed E-state index contributed by atoms with van der Waals surface area (Å²) in [4.78, 5) is 13.2. The number of aliphatic hydroxyl groups excluding tert-OH is 1. The standard InChI is InChI=1S/C9H20N2O2/c1-3-8(10)9(13)11(4-2)6-5-7-12/h8,12H,3-7,10H2,1-2H3/t8-/m1/s1. The minimum absolute atomic E-state index is 0.0153. The van der Waals surface area contributed by atoms with Gasteiger partial charge < -0.3 is 15.7 Å². The smallest absolute Gasteiger partial charge is 0.239 e. The summed E-state index contributed by atoms with van der Waals surface area (Å²) in [5, 5.41) is 8.62. The lowest BCUT2D eigenvalue weighted by Crippen LogP contribution is -2.43. The Bertz CT molecular complexity index is 151. The van der Waals surface area contributed by atoms with Gasteiger partial charge in [0.2, 0.25) is 5.91 Å². The number of hydrogen-bond acceptors (Lipinski definition) is 3. The minimum atomic E-state index is -0.390. The minimum Gasteiger partial charge on any atom is -0.396 e. The predicted octanol–water partition coefficient (Wildman–Crippen LogP) is -0.0454. The number of nitrogens with zero attached hydrogens (tertiary/aromatic N) is 1. The van der Waals surface area contributed by atoms with Crippen LogP contribution < -0.4 is 5.73 Å². The second-order valence-corrected chi connectivity index (χ2v) is 3.01. The zero-order valence-corrected chi connectivity index (χ0v) is 8.49. The molecule has 78 valence electrons. The second kappa shape index (κ2) is 6.86. The molecule has 0 radical (unpaired) electrons. The second-order valence-electron chi connectivity index (χ2n) is 3.01. The van der Waals surface area contributed by atoms with Gasteiger partial charge in [-0.15, -0.1) is 0 Å². The van der Waals surface area contributed by atoms with Gasteiger partial charge in [0, 0.05) is 19.7 Å². The molecular formula is C9H20N2O2. The van der Waals surface area contributed by atoms with Gasteiger partial charge in [0.25, 0.3) is 0 Å². The molecule has 0 unspecified atom stereocenters. The number of nitrogens with two attached hydrogens (primary N) is 1. The zero-order valence-electron chi connectivity index (χ0n) is 8.49. The van der Waals surface area contributed by atoms with Crippen molar-refractivity contribution in [3.05, 3.63) is 0 Å². The SMILES string of the molecule is CC[C@@H](N)C(=O)N(CC)CCCO. The van der Waals surface area contributed by atoms with Crippen LogP contribution in [0.15, 0.2) is 0 Å². The van der Waals surface area contributed by atoms with Gasteiger partial charge in [-0.25, -0.2) is 0 Å². The average Bonchev–Trinajstić information content (AvgIpc) is 2.17. The molecule has 0 aliphatic carbocycles. The van der Waals surface area contributed by atoms with Crippen LogP contribution >= 0.6 is 0 Å². The topological polar surface area (TPSA) is 66.6 Å². The lowest BCUT2D eigenvalue weighted by atomic mass is 10.2. The van der Waals surface area contributed by atoms with E-state index in [2.05, 4.69) is 0 Å². The lowest BCUT2D eigenvalue weighted by molar-refractivity contribution is -0.132. The highest BCUT2D eigenvalue weighted by molar-refractivity contribution is 5.81. The molecule has 0 aromatic heterocycles. The largest absolute Gasteiger partial charge is 0.396 e. The molecule has 0 aliphatic heterocycles. The molecule has 0 rings (SSSR count). The van der Waals surface area contributed by atoms with Crippen molar-refractivity contribution in [3.8, 4) is 0 Å². The molecule has 0 saturated carbocycles. The summed E-state index contributed by atoms with van der Waals surface area (Å²) in [6, 6.07) is -0.390. The summed E-state index contributed by atoms with van der Waals surface area (Å²) >= 11 is 0. The van der Waals surface area contributed by atoms with Crippen LogP contribution in [-0.4, -0.2) is 41.7 Å². The van der Waals surface area contributed by atoms with Gasteiger partial charge in [0.1, 0.15) is 0 Å². The molecule has 4 nitrogen and oxygen atoms in total. The van der Waals surface area contributed by atoms with E-state index in [1.807, 2.05) is 13.8 Å². The summed E-state index contributed by atoms with van der Waals surface area (Å²) in [7, 11) is 0. The van der Waals surface area contributed by atoms with Crippen LogP contribution in [-0.2, 0) is 4.79 Å². The van der Waals surface area contributed by atoms with Gasteiger partial charge >= 0.3 is 0 Å². The van der Waals surface area contributed by atoms with E-state index in [4.69, 9.17) is 10.8 Å². The van der Waals surface area contributed by atoms with Crippen molar-refractivity contribution >= 4 is 5.91 Å². The number of aliphatic hydroxyl groups is 1. The Labute approximate surface area is 79.7 Å². The van der Waals surface area contributed by atoms with E-state index in [-0.39, 0.29) is 12.5 Å². The zero-order chi connectivity index (χ0) is 10.3. The average molecular weight is 188 g/mol. The molecule has 0 bridgehead atoms. The lowest BCUT2D eigenvalue weighted by Gasteiger charge is -2.23. The van der Waals surface area contributed by atoms with Gasteiger partial charge in [-0.1, -0.05) is 6.92 Å². The fraction of sp³-hybridized carbons (Fsp3) is 0.889. The van der Waals surface area contributed by atoms with Gasteiger partial charge in [0.05, 0.1) is 6.04 Å². The van der Waals surface area contributed by atoms with Crippen LogP contribution in [0, 0.1) is 0 Å². The van der Waals surface area contributed by atoms with E-state index >= 15 is 0 Å². The molecule has 0 saturated heterocycles. The Kier molecular flexibility index (Phi) is 6.54. The first-order valence-electron chi connectivity index (χ1n) is 4.82. The Morgan fingerprint density at radius 2 is 2.15 bits per heavy atom. The number of carbonyl (C=O) groups is 1. The quantitative estimate of drug-likeness (QED) is 0.614. The van der Waals surface area contributed by atoms with Gasteiger partial charge in [-0.2, -0.15) is 0 Å². The van der Waals surface area contributed by atoms with Gasteiger partial charge in [0.15, 0.2) is 0 Å². The predicted molar refractivity (Wildman–Crippen MR) is 52.2 cm³/mol. The van der Waals surface area contributed by atoms with Crippen LogP contribution in [0.5, 0.6) is 0 Å². The van der Waals surface area contributed by atoms with Crippen LogP contribution in [0.4, 0.5) is 0 Å². The van der Waals surface area contributed by atoms with E-state index in [0.717, 1.165) is 0 Å². The molecule has 0 aromatic carbocycles. The number of hydrogen-bond donors (Lipinski definition) is 2. The van der Waals surface area contributed by atoms with Crippen molar-refractivity contribution in [1.29, 1.82) is 0 Å². The summed E-state index contributed by atoms with van der Waals surface area (Å²) in [6.07, 6.45) is 1.28. The molecule has 1 amide bonds. The fourth-order valence-corrected chi connectivity index (χ4v) is 1.09. The maximum atomic E-state index is 11.5. The number of amides is 1. The third kappa shape index (κ3) is 4.24. The van der Waals surface area contributed by atoms with E-state index in [1.54, 1.807) is 4.90 Å². The summed E-state index contributed by atoms with van der Waals surface area (Å²) in [5.41, 5.74) is 5.61. The summed E-state index contributed by atoms with van der Waals surface area (Å²) in [6.45, 7) is 5.18. The molecule has 1 atom stereocenters. The van der Waals surface area contributed by atoms with E-state index < -0.39 is 6.04 Å². The molecule has 13 heavy (non-hydrogen) atoms. The Hall–Kier alpha value is -0.610. The van der Waals surface area contributed by atoms with E-state index in [1.165, 1.54) is 0 Å². The Morgan fingerprint density at radius 1 is 1.54 bits per heavy atom. The number of rotatable bonds is 6. The molecule has 0 spiro atoms. The molecule has 0 heterocycles. The third-order valence-corrected chi connectivity index (χ3v) is 2.04. The van der Waals surface area contributed by atoms with Crippen LogP contribution in [0.3, 0.4) is 0 Å². The highest BCUT2D eigenvalue weighted by Crippen LogP contribution is 1.98. The van der Waals surface area contributed by atoms with Crippen molar-refractivity contribution < 1.29 is 9.90 Å². The maximum Gasteiger partial charge on any atom is 0.239 e. The number of likely N-dealkylation sites (N-methyl/N-ethyl adjacent to an activating group) is 1. The first-order valence-corrected chi connectivity index (χ1v) is 4.82. The highest BCUT2D eigenvalue weighted by atomic mass is 16.3. The Morgan fingerprint density at radius 3 is 2.54 bits per heavy atom. The van der Waals surface area contributed by atoms with Crippen molar-refractivity contribution in [2.45, 2.75) is 32.7 Å². The fourth-order valence-electron chi connectivity index (χ4n) is 1.09. The van der Waals surface area contributed by atoms with Crippen LogP contribution in [0.1, 0.15) is 26.7 Å². The van der Waals surface area contributed by atoms with Crippen molar-refractivity contribution in [2.24, 2.45) is 5.73 Å². The molecular weight excluding hydrogens is 168 g/mol. The molecule has 0 aromatic rings. The maximum absolute atomic E-state index is 11.5. The van der Waals surface area contributed by atoms with E-state index in [9.17, 15) is 4.79 Å². The van der Waals surface area contributed by atoms with Crippen LogP contribution in [0.2, 0.25) is 0 Å². The van der Waals surface area contributed by atoms with Crippen molar-refractivity contribution in [3.63, 3.8) is 0 Å². The monoisotopic (exact) mass is 188 g/mol. The number of carbonyl (C=O) groups excluding carboxylic acids is 1. The molecule has 0 fully saturated rings. The molecule has 0 aliphatic rings. The summed E-state index contributed by atoms with van der Waals surface area (Å²) in [5.74, 6) is -0.0153. The third-order valence-electron chi connectivity index (χ3n) is 2.04. The van der Waals surface area contributed by atoms with E-state index in [0.29, 0.717) is 25.9 Å². The first-order chi connectivity index (χ1) is 6.17. The normalized spacial score (nSPS) is 12.6. The van der Waals surface area contributed by atoms with Gasteiger partial charge in [-0.3, -0.25) is 4.79 Å². The van der Waals surface area contributed by atoms with Crippen molar-refractivity contribution in [2.75, 3.05) is 19.7 Å². The van der Waals surface area contributed by atoms with Gasteiger partial charge in [-0.05, 0) is 19.8 Å². The summed E-state index contributed by atoms with van der Waals surface area (Å²) < 4.78 is 0. The van der Waals surface area contributed by atoms with Crippen LogP contribution in [0.25, 0.3) is 0 Å². The molecule has 3 N–H and O–H groups in total.